The predicted molar refractivity (Wildman–Crippen MR) is 87.6 cm³/mol. The van der Waals surface area contributed by atoms with Crippen LogP contribution in [0.1, 0.15) is 10.4 Å². The molecule has 1 heterocycles. The Morgan fingerprint density at radius 1 is 1.00 bits per heavy atom. The summed E-state index contributed by atoms with van der Waals surface area (Å²) in [5, 5.41) is 15.4. The van der Waals surface area contributed by atoms with Crippen LogP contribution in [0.5, 0.6) is 5.75 Å². The van der Waals surface area contributed by atoms with Crippen molar-refractivity contribution in [3.63, 3.8) is 0 Å². The molecule has 1 aliphatic rings. The average Bonchev–Trinajstić information content (AvgIpc) is 2.58. The molecule has 0 radical (unpaired) electrons. The first-order valence-electron chi connectivity index (χ1n) is 7.38. The smallest absolute Gasteiger partial charge is 0.255 e. The minimum absolute atomic E-state index is 0.155. The van der Waals surface area contributed by atoms with Gasteiger partial charge in [-0.15, -0.1) is 0 Å². The first kappa shape index (κ1) is 14.4. The fourth-order valence-corrected chi connectivity index (χ4v) is 2.49. The molecule has 0 unspecified atom stereocenters. The Kier molecular flexibility index (Phi) is 4.25. The molecule has 3 rings (SSSR count). The summed E-state index contributed by atoms with van der Waals surface area (Å²) in [6.07, 6.45) is 0. The van der Waals surface area contributed by atoms with Crippen molar-refractivity contribution >= 4 is 17.3 Å². The summed E-state index contributed by atoms with van der Waals surface area (Å²) in [6, 6.07) is 14.1. The van der Waals surface area contributed by atoms with E-state index in [1.54, 1.807) is 24.3 Å². The van der Waals surface area contributed by atoms with Crippen LogP contribution < -0.4 is 15.5 Å². The largest absolute Gasteiger partial charge is 0.508 e. The third kappa shape index (κ3) is 3.38. The minimum Gasteiger partial charge on any atom is -0.508 e. The molecular weight excluding hydrogens is 278 g/mol. The van der Waals surface area contributed by atoms with Gasteiger partial charge in [-0.2, -0.15) is 0 Å². The van der Waals surface area contributed by atoms with Gasteiger partial charge in [0.05, 0.1) is 0 Å². The maximum atomic E-state index is 12.2. The Hall–Kier alpha value is -2.53. The predicted octanol–water partition coefficient (Wildman–Crippen LogP) is 2.05. The van der Waals surface area contributed by atoms with Crippen molar-refractivity contribution in [3.8, 4) is 5.75 Å². The molecule has 3 N–H and O–H groups in total. The monoisotopic (exact) mass is 297 g/mol. The number of nitrogens with zero attached hydrogens (tertiary/aromatic N) is 1. The minimum atomic E-state index is -0.155. The number of carbonyl (C=O) groups is 1. The van der Waals surface area contributed by atoms with E-state index in [0.717, 1.165) is 31.9 Å². The highest BCUT2D eigenvalue weighted by Gasteiger charge is 2.11. The average molecular weight is 297 g/mol. The van der Waals surface area contributed by atoms with E-state index in [1.807, 2.05) is 24.3 Å². The van der Waals surface area contributed by atoms with Crippen LogP contribution >= 0.6 is 0 Å². The van der Waals surface area contributed by atoms with E-state index in [9.17, 15) is 9.90 Å². The second kappa shape index (κ2) is 6.49. The summed E-state index contributed by atoms with van der Waals surface area (Å²) in [5.41, 5.74) is 2.42. The van der Waals surface area contributed by atoms with E-state index in [-0.39, 0.29) is 11.7 Å². The van der Waals surface area contributed by atoms with Gasteiger partial charge >= 0.3 is 0 Å². The maximum absolute atomic E-state index is 12.2. The molecule has 0 saturated carbocycles. The number of carbonyl (C=O) groups excluding carboxylic acids is 1. The molecule has 0 bridgehead atoms. The molecular formula is C17H19N3O2. The summed E-state index contributed by atoms with van der Waals surface area (Å²) >= 11 is 0. The van der Waals surface area contributed by atoms with Gasteiger partial charge in [-0.3, -0.25) is 4.79 Å². The second-order valence-electron chi connectivity index (χ2n) is 5.28. The highest BCUT2D eigenvalue weighted by Crippen LogP contribution is 2.18. The number of phenolic OH excluding ortho intramolecular Hbond substituents is 1. The number of aromatic hydroxyl groups is 1. The fourth-order valence-electron chi connectivity index (χ4n) is 2.49. The van der Waals surface area contributed by atoms with Crippen molar-refractivity contribution in [2.45, 2.75) is 0 Å². The molecule has 5 nitrogen and oxygen atoms in total. The summed E-state index contributed by atoms with van der Waals surface area (Å²) in [6.45, 7) is 3.95. The standard InChI is InChI=1S/C17H19N3O2/c21-16-7-3-14(4-8-16)19-17(22)13-1-5-15(6-2-13)20-11-9-18-10-12-20/h1-8,18,21H,9-12H2,(H,19,22). The van der Waals surface area contributed by atoms with Crippen LogP contribution in [-0.2, 0) is 0 Å². The Balaban J connectivity index is 1.66. The molecule has 1 amide bonds. The molecule has 5 heteroatoms. The Morgan fingerprint density at radius 3 is 2.27 bits per heavy atom. The topological polar surface area (TPSA) is 64.6 Å². The quantitative estimate of drug-likeness (QED) is 0.759. The van der Waals surface area contributed by atoms with Crippen molar-refractivity contribution in [2.75, 3.05) is 36.4 Å². The molecule has 1 saturated heterocycles. The van der Waals surface area contributed by atoms with Crippen LogP contribution in [0, 0.1) is 0 Å². The summed E-state index contributed by atoms with van der Waals surface area (Å²) < 4.78 is 0. The van der Waals surface area contributed by atoms with Gasteiger partial charge in [-0.05, 0) is 48.5 Å². The molecule has 114 valence electrons. The van der Waals surface area contributed by atoms with Crippen LogP contribution in [0.4, 0.5) is 11.4 Å². The van der Waals surface area contributed by atoms with Crippen LogP contribution in [-0.4, -0.2) is 37.2 Å². The Morgan fingerprint density at radius 2 is 1.64 bits per heavy atom. The van der Waals surface area contributed by atoms with E-state index >= 15 is 0 Å². The second-order valence-corrected chi connectivity index (χ2v) is 5.28. The van der Waals surface area contributed by atoms with E-state index in [2.05, 4.69) is 15.5 Å². The number of amides is 1. The van der Waals surface area contributed by atoms with E-state index < -0.39 is 0 Å². The van der Waals surface area contributed by atoms with E-state index in [4.69, 9.17) is 0 Å². The van der Waals surface area contributed by atoms with E-state index in [1.165, 1.54) is 0 Å². The van der Waals surface area contributed by atoms with Crippen LogP contribution in [0.15, 0.2) is 48.5 Å². The van der Waals surface area contributed by atoms with Gasteiger partial charge < -0.3 is 20.6 Å². The van der Waals surface area contributed by atoms with E-state index in [0.29, 0.717) is 11.3 Å². The van der Waals surface area contributed by atoms with Crippen molar-refractivity contribution < 1.29 is 9.90 Å². The number of rotatable bonds is 3. The number of anilines is 2. The number of phenols is 1. The molecule has 0 spiro atoms. The lowest BCUT2D eigenvalue weighted by Crippen LogP contribution is -2.43. The lowest BCUT2D eigenvalue weighted by molar-refractivity contribution is 0.102. The summed E-state index contributed by atoms with van der Waals surface area (Å²) in [4.78, 5) is 14.5. The Labute approximate surface area is 129 Å². The van der Waals surface area contributed by atoms with Crippen molar-refractivity contribution in [2.24, 2.45) is 0 Å². The zero-order valence-electron chi connectivity index (χ0n) is 12.2. The molecule has 2 aromatic carbocycles. The van der Waals surface area contributed by atoms with Gasteiger partial charge in [0.15, 0.2) is 0 Å². The fraction of sp³-hybridized carbons (Fsp3) is 0.235. The Bertz CT molecular complexity index is 632. The zero-order chi connectivity index (χ0) is 15.4. The third-order valence-electron chi connectivity index (χ3n) is 3.74. The lowest BCUT2D eigenvalue weighted by Gasteiger charge is -2.29. The van der Waals surface area contributed by atoms with Crippen molar-refractivity contribution in [3.05, 3.63) is 54.1 Å². The van der Waals surface area contributed by atoms with Gasteiger partial charge in [-0.1, -0.05) is 0 Å². The van der Waals surface area contributed by atoms with Gasteiger partial charge in [0.25, 0.3) is 5.91 Å². The number of piperazine rings is 1. The third-order valence-corrected chi connectivity index (χ3v) is 3.74. The van der Waals surface area contributed by atoms with Gasteiger partial charge in [0.1, 0.15) is 5.75 Å². The van der Waals surface area contributed by atoms with Gasteiger partial charge in [0.2, 0.25) is 0 Å². The normalized spacial score (nSPS) is 14.6. The molecule has 0 atom stereocenters. The first-order chi connectivity index (χ1) is 10.7. The molecule has 22 heavy (non-hydrogen) atoms. The summed E-state index contributed by atoms with van der Waals surface area (Å²) in [5.74, 6) is 0.0240. The first-order valence-corrected chi connectivity index (χ1v) is 7.38. The molecule has 1 fully saturated rings. The molecule has 1 aliphatic heterocycles. The van der Waals surface area contributed by atoms with Crippen LogP contribution in [0.25, 0.3) is 0 Å². The summed E-state index contributed by atoms with van der Waals surface area (Å²) in [7, 11) is 0. The van der Waals surface area contributed by atoms with Gasteiger partial charge in [-0.25, -0.2) is 0 Å². The van der Waals surface area contributed by atoms with Crippen LogP contribution in [0.2, 0.25) is 0 Å². The SMILES string of the molecule is O=C(Nc1ccc(O)cc1)c1ccc(N2CCNCC2)cc1. The highest BCUT2D eigenvalue weighted by molar-refractivity contribution is 6.04. The molecule has 0 aromatic heterocycles. The van der Waals surface area contributed by atoms with Crippen molar-refractivity contribution in [1.29, 1.82) is 0 Å². The number of hydrogen-bond donors (Lipinski definition) is 3. The van der Waals surface area contributed by atoms with Crippen LogP contribution in [0.3, 0.4) is 0 Å². The number of nitrogens with one attached hydrogen (secondary N) is 2. The number of benzene rings is 2. The zero-order valence-corrected chi connectivity index (χ0v) is 12.2. The van der Waals surface area contributed by atoms with Gasteiger partial charge in [0, 0.05) is 43.1 Å². The maximum Gasteiger partial charge on any atom is 0.255 e. The van der Waals surface area contributed by atoms with Crippen molar-refractivity contribution in [1.82, 2.24) is 5.32 Å². The molecule has 0 aliphatic carbocycles. The highest BCUT2D eigenvalue weighted by atomic mass is 16.3. The molecule has 2 aromatic rings. The lowest BCUT2D eigenvalue weighted by atomic mass is 10.1. The number of hydrogen-bond acceptors (Lipinski definition) is 4.